The maximum absolute atomic E-state index is 12.8. The summed E-state index contributed by atoms with van der Waals surface area (Å²) in [6.07, 6.45) is 1.70. The number of aryl methyl sites for hydroxylation is 1. The van der Waals surface area contributed by atoms with Crippen molar-refractivity contribution in [1.82, 2.24) is 14.3 Å². The van der Waals surface area contributed by atoms with Crippen LogP contribution in [0.25, 0.3) is 10.2 Å². The average Bonchev–Trinajstić information content (AvgIpc) is 3.40. The van der Waals surface area contributed by atoms with Gasteiger partial charge in [-0.3, -0.25) is 4.79 Å². The van der Waals surface area contributed by atoms with Crippen molar-refractivity contribution in [1.29, 1.82) is 0 Å². The lowest BCUT2D eigenvalue weighted by Gasteiger charge is -2.15. The number of sulfonamides is 1. The third-order valence-corrected chi connectivity index (χ3v) is 8.58. The Balaban J connectivity index is 1.63. The molecule has 0 aliphatic carbocycles. The third-order valence-electron chi connectivity index (χ3n) is 4.49. The van der Waals surface area contributed by atoms with Gasteiger partial charge in [-0.25, -0.2) is 13.8 Å². The number of hydrogen-bond acceptors (Lipinski definition) is 6. The molecule has 1 aliphatic heterocycles. The minimum atomic E-state index is -3.64. The van der Waals surface area contributed by atoms with Crippen molar-refractivity contribution in [3.8, 4) is 0 Å². The highest BCUT2D eigenvalue weighted by Gasteiger charge is 2.31. The molecule has 1 aromatic carbocycles. The van der Waals surface area contributed by atoms with Gasteiger partial charge in [0.05, 0.1) is 10.2 Å². The molecule has 0 unspecified atom stereocenters. The molecule has 1 aliphatic rings. The molecule has 4 rings (SSSR count). The zero-order chi connectivity index (χ0) is 19.0. The summed E-state index contributed by atoms with van der Waals surface area (Å²) in [5.74, 6) is -0.514. The number of benzene rings is 1. The summed E-state index contributed by atoms with van der Waals surface area (Å²) in [7, 11) is -1.77. The molecular formula is C17H18N4O3S3. The normalized spacial score (nSPS) is 16.3. The van der Waals surface area contributed by atoms with Gasteiger partial charge in [-0.1, -0.05) is 23.5 Å². The number of para-hydroxylation sites is 1. The van der Waals surface area contributed by atoms with E-state index in [1.807, 2.05) is 35.9 Å². The summed E-state index contributed by atoms with van der Waals surface area (Å²) >= 11 is 2.56. The fraction of sp³-hybridized carbons (Fsp3) is 0.294. The highest BCUT2D eigenvalue weighted by Crippen LogP contribution is 2.27. The predicted octanol–water partition coefficient (Wildman–Crippen LogP) is 2.33. The highest BCUT2D eigenvalue weighted by molar-refractivity contribution is 7.89. The van der Waals surface area contributed by atoms with E-state index < -0.39 is 15.9 Å². The first-order chi connectivity index (χ1) is 13.0. The Morgan fingerprint density at radius 3 is 2.67 bits per heavy atom. The Kier molecular flexibility index (Phi) is 4.89. The van der Waals surface area contributed by atoms with E-state index >= 15 is 0 Å². The van der Waals surface area contributed by atoms with Gasteiger partial charge in [-0.05, 0) is 36.4 Å². The number of carbonyl (C=O) groups excluding carboxylic acids is 1. The molecule has 0 bridgehead atoms. The van der Waals surface area contributed by atoms with Gasteiger partial charge in [0.25, 0.3) is 5.91 Å². The molecule has 1 fully saturated rings. The average molecular weight is 423 g/mol. The molecule has 0 saturated carbocycles. The van der Waals surface area contributed by atoms with Crippen molar-refractivity contribution < 1.29 is 13.2 Å². The van der Waals surface area contributed by atoms with Crippen molar-refractivity contribution >= 4 is 48.8 Å². The number of thiophene rings is 1. The Hall–Kier alpha value is -2.01. The molecular weight excluding hydrogens is 404 g/mol. The number of carbonyl (C=O) groups is 1. The van der Waals surface area contributed by atoms with Crippen LogP contribution in [0.4, 0.5) is 0 Å². The second kappa shape index (κ2) is 7.19. The molecule has 1 saturated heterocycles. The van der Waals surface area contributed by atoms with Crippen LogP contribution in [-0.4, -0.2) is 36.3 Å². The van der Waals surface area contributed by atoms with Crippen LogP contribution in [0.3, 0.4) is 0 Å². The van der Waals surface area contributed by atoms with Crippen LogP contribution in [0.2, 0.25) is 0 Å². The summed E-state index contributed by atoms with van der Waals surface area (Å²) in [4.78, 5) is 13.5. The van der Waals surface area contributed by atoms with Gasteiger partial charge in [-0.15, -0.1) is 16.4 Å². The van der Waals surface area contributed by atoms with Crippen molar-refractivity contribution in [2.75, 3.05) is 13.1 Å². The van der Waals surface area contributed by atoms with Gasteiger partial charge in [-0.2, -0.15) is 4.31 Å². The van der Waals surface area contributed by atoms with Gasteiger partial charge in [0.2, 0.25) is 14.8 Å². The van der Waals surface area contributed by atoms with Crippen molar-refractivity contribution in [2.45, 2.75) is 17.7 Å². The topological polar surface area (TPSA) is 83.8 Å². The van der Waals surface area contributed by atoms with Gasteiger partial charge in [0, 0.05) is 20.1 Å². The van der Waals surface area contributed by atoms with E-state index in [0.717, 1.165) is 34.4 Å². The quantitative estimate of drug-likeness (QED) is 0.655. The lowest BCUT2D eigenvalue weighted by atomic mass is 10.3. The monoisotopic (exact) mass is 422 g/mol. The van der Waals surface area contributed by atoms with E-state index in [1.165, 1.54) is 21.7 Å². The molecule has 10 heteroatoms. The lowest BCUT2D eigenvalue weighted by Crippen LogP contribution is -2.30. The first kappa shape index (κ1) is 18.4. The largest absolute Gasteiger partial charge is 0.318 e. The van der Waals surface area contributed by atoms with Crippen molar-refractivity contribution in [2.24, 2.45) is 12.1 Å². The van der Waals surface area contributed by atoms with E-state index in [1.54, 1.807) is 5.38 Å². The maximum atomic E-state index is 12.8. The summed E-state index contributed by atoms with van der Waals surface area (Å²) in [6.45, 7) is 1.00. The number of fused-ring (bicyclic) bond motifs is 1. The van der Waals surface area contributed by atoms with Crippen LogP contribution >= 0.6 is 22.7 Å². The maximum Gasteiger partial charge on any atom is 0.282 e. The summed E-state index contributed by atoms with van der Waals surface area (Å²) in [5.41, 5.74) is 3.53. The Bertz CT molecular complexity index is 1170. The van der Waals surface area contributed by atoms with Crippen LogP contribution in [0.5, 0.6) is 0 Å². The third kappa shape index (κ3) is 3.33. The van der Waals surface area contributed by atoms with Gasteiger partial charge >= 0.3 is 0 Å². The van der Waals surface area contributed by atoms with E-state index in [4.69, 9.17) is 0 Å². The minimum Gasteiger partial charge on any atom is -0.318 e. The minimum absolute atomic E-state index is 0.0582. The first-order valence-electron chi connectivity index (χ1n) is 8.45. The van der Waals surface area contributed by atoms with Crippen LogP contribution in [0.1, 0.15) is 22.5 Å². The molecule has 0 atom stereocenters. The molecule has 1 N–H and O–H groups in total. The molecule has 1 amide bonds. The molecule has 2 aromatic heterocycles. The highest BCUT2D eigenvalue weighted by atomic mass is 32.2. The second-order valence-electron chi connectivity index (χ2n) is 6.19. The van der Waals surface area contributed by atoms with Gasteiger partial charge in [0.15, 0.2) is 0 Å². The van der Waals surface area contributed by atoms with Crippen LogP contribution in [0, 0.1) is 0 Å². The Labute approximate surface area is 164 Å². The molecule has 27 heavy (non-hydrogen) atoms. The standard InChI is InChI=1S/C17H18N4O3S3/c1-20-12-6-2-3-7-13(12)26-17(20)19-18-16(22)15-14(8-11-25-15)27(23,24)21-9-4-5-10-21/h2-3,6-8,11H,4-5,9-10H2,1H3,(H,18,22)/b19-17-. The smallest absolute Gasteiger partial charge is 0.282 e. The fourth-order valence-electron chi connectivity index (χ4n) is 3.07. The van der Waals surface area contributed by atoms with E-state index in [0.29, 0.717) is 17.9 Å². The van der Waals surface area contributed by atoms with Crippen LogP contribution in [0.15, 0.2) is 45.7 Å². The van der Waals surface area contributed by atoms with E-state index in [-0.39, 0.29) is 9.77 Å². The first-order valence-corrected chi connectivity index (χ1v) is 11.6. The van der Waals surface area contributed by atoms with Crippen LogP contribution in [-0.2, 0) is 17.1 Å². The molecule has 3 aromatic rings. The fourth-order valence-corrected chi connectivity index (χ4v) is 6.86. The number of thiazole rings is 1. The number of hydrogen-bond donors (Lipinski definition) is 1. The number of aromatic nitrogens is 1. The number of rotatable bonds is 4. The summed E-state index contributed by atoms with van der Waals surface area (Å²) in [6, 6.07) is 9.35. The predicted molar refractivity (Wildman–Crippen MR) is 106 cm³/mol. The number of nitrogens with zero attached hydrogens (tertiary/aromatic N) is 3. The summed E-state index contributed by atoms with van der Waals surface area (Å²) in [5, 5.41) is 5.82. The molecule has 3 heterocycles. The van der Waals surface area contributed by atoms with Crippen LogP contribution < -0.4 is 10.2 Å². The SMILES string of the molecule is Cn1/c(=N/NC(=O)c2sccc2S(=O)(=O)N2CCCC2)sc2ccccc21. The molecule has 142 valence electrons. The Morgan fingerprint density at radius 2 is 1.93 bits per heavy atom. The van der Waals surface area contributed by atoms with Gasteiger partial charge in [0.1, 0.15) is 9.77 Å². The molecule has 7 nitrogen and oxygen atoms in total. The molecule has 0 radical (unpaired) electrons. The van der Waals surface area contributed by atoms with E-state index in [9.17, 15) is 13.2 Å². The molecule has 0 spiro atoms. The van der Waals surface area contributed by atoms with Gasteiger partial charge < -0.3 is 4.57 Å². The van der Waals surface area contributed by atoms with Crippen molar-refractivity contribution in [3.63, 3.8) is 0 Å². The van der Waals surface area contributed by atoms with E-state index in [2.05, 4.69) is 10.5 Å². The second-order valence-corrected chi connectivity index (χ2v) is 10.0. The summed E-state index contributed by atoms with van der Waals surface area (Å²) < 4.78 is 30.0. The number of amides is 1. The Morgan fingerprint density at radius 1 is 1.19 bits per heavy atom. The lowest BCUT2D eigenvalue weighted by molar-refractivity contribution is 0.0954. The zero-order valence-electron chi connectivity index (χ0n) is 14.6. The number of nitrogens with one attached hydrogen (secondary N) is 1. The van der Waals surface area contributed by atoms with Crippen molar-refractivity contribution in [3.05, 3.63) is 45.4 Å². The zero-order valence-corrected chi connectivity index (χ0v) is 17.0.